The number of hydrogen-bond acceptors (Lipinski definition) is 5. The molecule has 2 heterocycles. The maximum Gasteiger partial charge on any atom is 0.337 e. The molecule has 0 atom stereocenters. The van der Waals surface area contributed by atoms with Gasteiger partial charge in [0.15, 0.2) is 0 Å². The SMILES string of the molecule is CCOc1ccc2c(C(=O)N(C)Cc3cn(C)nc3C)cc(=O)oc2c1. The average Bonchev–Trinajstić information content (AvgIpc) is 2.90. The molecule has 26 heavy (non-hydrogen) atoms. The van der Waals surface area contributed by atoms with Crippen LogP contribution in [0.5, 0.6) is 5.75 Å². The first-order valence-electron chi connectivity index (χ1n) is 8.34. The third-order valence-corrected chi connectivity index (χ3v) is 4.13. The van der Waals surface area contributed by atoms with Crippen LogP contribution in [-0.2, 0) is 13.6 Å². The highest BCUT2D eigenvalue weighted by atomic mass is 16.5. The summed E-state index contributed by atoms with van der Waals surface area (Å²) < 4.78 is 12.4. The first-order valence-corrected chi connectivity index (χ1v) is 8.34. The predicted molar refractivity (Wildman–Crippen MR) is 97.4 cm³/mol. The molecular weight excluding hydrogens is 334 g/mol. The van der Waals surface area contributed by atoms with Crippen LogP contribution < -0.4 is 10.4 Å². The molecule has 7 heteroatoms. The van der Waals surface area contributed by atoms with E-state index in [9.17, 15) is 9.59 Å². The zero-order valence-corrected chi connectivity index (χ0v) is 15.3. The zero-order chi connectivity index (χ0) is 18.8. The van der Waals surface area contributed by atoms with E-state index in [-0.39, 0.29) is 5.91 Å². The smallest absolute Gasteiger partial charge is 0.337 e. The van der Waals surface area contributed by atoms with E-state index >= 15 is 0 Å². The second kappa shape index (κ2) is 7.03. The van der Waals surface area contributed by atoms with E-state index in [1.807, 2.05) is 27.1 Å². The van der Waals surface area contributed by atoms with E-state index < -0.39 is 5.63 Å². The highest BCUT2D eigenvalue weighted by molar-refractivity contribution is 6.05. The van der Waals surface area contributed by atoms with Crippen LogP contribution in [-0.4, -0.2) is 34.2 Å². The summed E-state index contributed by atoms with van der Waals surface area (Å²) in [5, 5.41) is 4.86. The van der Waals surface area contributed by atoms with Gasteiger partial charge in [-0.05, 0) is 26.0 Å². The normalized spacial score (nSPS) is 10.9. The highest BCUT2D eigenvalue weighted by Crippen LogP contribution is 2.24. The number of amides is 1. The summed E-state index contributed by atoms with van der Waals surface area (Å²) in [4.78, 5) is 26.4. The maximum absolute atomic E-state index is 12.9. The Morgan fingerprint density at radius 3 is 2.77 bits per heavy atom. The molecule has 0 spiro atoms. The number of carbonyl (C=O) groups is 1. The van der Waals surface area contributed by atoms with Gasteiger partial charge < -0.3 is 14.1 Å². The van der Waals surface area contributed by atoms with Crippen LogP contribution in [0.4, 0.5) is 0 Å². The van der Waals surface area contributed by atoms with Crippen molar-refractivity contribution in [2.45, 2.75) is 20.4 Å². The van der Waals surface area contributed by atoms with E-state index in [4.69, 9.17) is 9.15 Å². The van der Waals surface area contributed by atoms with Gasteiger partial charge in [-0.3, -0.25) is 9.48 Å². The lowest BCUT2D eigenvalue weighted by Gasteiger charge is -2.17. The molecule has 0 aliphatic carbocycles. The Morgan fingerprint density at radius 1 is 1.35 bits per heavy atom. The van der Waals surface area contributed by atoms with E-state index in [0.717, 1.165) is 11.3 Å². The predicted octanol–water partition coefficient (Wildman–Crippen LogP) is 2.51. The van der Waals surface area contributed by atoms with Crippen LogP contribution in [0.2, 0.25) is 0 Å². The number of aromatic nitrogens is 2. The molecule has 3 aromatic rings. The molecule has 2 aromatic heterocycles. The summed E-state index contributed by atoms with van der Waals surface area (Å²) in [6, 6.07) is 6.35. The van der Waals surface area contributed by atoms with Crippen molar-refractivity contribution < 1.29 is 13.9 Å². The topological polar surface area (TPSA) is 77.6 Å². The molecule has 1 aromatic carbocycles. The fraction of sp³-hybridized carbons (Fsp3) is 0.316. The summed E-state index contributed by atoms with van der Waals surface area (Å²) in [6.45, 7) is 4.67. The van der Waals surface area contributed by atoms with Crippen molar-refractivity contribution in [1.29, 1.82) is 0 Å². The Hall–Kier alpha value is -3.09. The van der Waals surface area contributed by atoms with Gasteiger partial charge in [-0.1, -0.05) is 0 Å². The van der Waals surface area contributed by atoms with Gasteiger partial charge in [-0.2, -0.15) is 5.10 Å². The Bertz CT molecular complexity index is 1020. The first kappa shape index (κ1) is 17.7. The fourth-order valence-electron chi connectivity index (χ4n) is 2.91. The molecule has 0 aliphatic heterocycles. The molecule has 0 saturated heterocycles. The molecule has 0 aliphatic rings. The second-order valence-electron chi connectivity index (χ2n) is 6.14. The number of nitrogens with zero attached hydrogens (tertiary/aromatic N) is 3. The van der Waals surface area contributed by atoms with Crippen LogP contribution in [0.25, 0.3) is 11.0 Å². The molecule has 0 fully saturated rings. The molecule has 0 bridgehead atoms. The summed E-state index contributed by atoms with van der Waals surface area (Å²) in [7, 11) is 3.54. The summed E-state index contributed by atoms with van der Waals surface area (Å²) in [6.07, 6.45) is 1.88. The zero-order valence-electron chi connectivity index (χ0n) is 15.3. The van der Waals surface area contributed by atoms with Crippen molar-refractivity contribution in [3.63, 3.8) is 0 Å². The van der Waals surface area contributed by atoms with Crippen molar-refractivity contribution in [3.8, 4) is 5.75 Å². The number of hydrogen-bond donors (Lipinski definition) is 0. The van der Waals surface area contributed by atoms with Crippen molar-refractivity contribution in [3.05, 3.63) is 57.7 Å². The average molecular weight is 355 g/mol. The van der Waals surface area contributed by atoms with E-state index in [2.05, 4.69) is 5.10 Å². The van der Waals surface area contributed by atoms with Gasteiger partial charge in [0, 0.05) is 49.9 Å². The van der Waals surface area contributed by atoms with Crippen LogP contribution in [0, 0.1) is 6.92 Å². The molecule has 136 valence electrons. The summed E-state index contributed by atoms with van der Waals surface area (Å²) >= 11 is 0. The van der Waals surface area contributed by atoms with Gasteiger partial charge in [0.25, 0.3) is 5.91 Å². The Morgan fingerprint density at radius 2 is 2.12 bits per heavy atom. The molecule has 0 saturated carbocycles. The fourth-order valence-corrected chi connectivity index (χ4v) is 2.91. The van der Waals surface area contributed by atoms with Crippen molar-refractivity contribution in [2.75, 3.05) is 13.7 Å². The Labute approximate surface area is 150 Å². The van der Waals surface area contributed by atoms with Crippen molar-refractivity contribution >= 4 is 16.9 Å². The summed E-state index contributed by atoms with van der Waals surface area (Å²) in [5.41, 5.74) is 1.89. The van der Waals surface area contributed by atoms with E-state index in [1.54, 1.807) is 34.8 Å². The third kappa shape index (κ3) is 3.46. The molecule has 0 unspecified atom stereocenters. The Balaban J connectivity index is 1.96. The maximum atomic E-state index is 12.9. The lowest BCUT2D eigenvalue weighted by molar-refractivity contribution is 0.0786. The molecule has 0 radical (unpaired) electrons. The number of fused-ring (bicyclic) bond motifs is 1. The minimum Gasteiger partial charge on any atom is -0.494 e. The molecule has 1 amide bonds. The minimum absolute atomic E-state index is 0.254. The van der Waals surface area contributed by atoms with Crippen LogP contribution in [0.3, 0.4) is 0 Å². The number of rotatable bonds is 5. The lowest BCUT2D eigenvalue weighted by Crippen LogP contribution is -2.27. The number of benzene rings is 1. The summed E-state index contributed by atoms with van der Waals surface area (Å²) in [5.74, 6) is 0.336. The largest absolute Gasteiger partial charge is 0.494 e. The van der Waals surface area contributed by atoms with E-state index in [0.29, 0.717) is 35.4 Å². The van der Waals surface area contributed by atoms with Crippen molar-refractivity contribution in [1.82, 2.24) is 14.7 Å². The lowest BCUT2D eigenvalue weighted by atomic mass is 10.1. The van der Waals surface area contributed by atoms with Gasteiger partial charge in [0.05, 0.1) is 17.9 Å². The molecule has 3 rings (SSSR count). The highest BCUT2D eigenvalue weighted by Gasteiger charge is 2.19. The first-order chi connectivity index (χ1) is 12.4. The van der Waals surface area contributed by atoms with Crippen LogP contribution >= 0.6 is 0 Å². The van der Waals surface area contributed by atoms with Gasteiger partial charge in [0.2, 0.25) is 0 Å². The quantitative estimate of drug-likeness (QED) is 0.657. The van der Waals surface area contributed by atoms with Crippen LogP contribution in [0.15, 0.2) is 39.7 Å². The molecule has 0 N–H and O–H groups in total. The number of aryl methyl sites for hydroxylation is 2. The molecule has 7 nitrogen and oxygen atoms in total. The monoisotopic (exact) mass is 355 g/mol. The van der Waals surface area contributed by atoms with Gasteiger partial charge in [-0.25, -0.2) is 4.79 Å². The van der Waals surface area contributed by atoms with E-state index in [1.165, 1.54) is 6.07 Å². The molecular formula is C19H21N3O4. The van der Waals surface area contributed by atoms with Crippen molar-refractivity contribution in [2.24, 2.45) is 7.05 Å². The second-order valence-corrected chi connectivity index (χ2v) is 6.14. The third-order valence-electron chi connectivity index (χ3n) is 4.13. The van der Waals surface area contributed by atoms with Gasteiger partial charge in [0.1, 0.15) is 11.3 Å². The minimum atomic E-state index is -0.569. The van der Waals surface area contributed by atoms with Gasteiger partial charge in [-0.15, -0.1) is 0 Å². The van der Waals surface area contributed by atoms with Crippen LogP contribution in [0.1, 0.15) is 28.5 Å². The number of carbonyl (C=O) groups excluding carboxylic acids is 1. The van der Waals surface area contributed by atoms with Gasteiger partial charge >= 0.3 is 5.63 Å². The number of ether oxygens (including phenoxy) is 1. The Kier molecular flexibility index (Phi) is 4.79. The standard InChI is InChI=1S/C19H21N3O4/c1-5-25-14-6-7-15-16(9-18(23)26-17(15)8-14)19(24)21(3)10-13-11-22(4)20-12(13)2/h6-9,11H,5,10H2,1-4H3.